The maximum absolute atomic E-state index is 12.5. The number of hydrogen-bond acceptors (Lipinski definition) is 5. The summed E-state index contributed by atoms with van der Waals surface area (Å²) in [6.45, 7) is 0. The Morgan fingerprint density at radius 2 is 2.06 bits per heavy atom. The van der Waals surface area contributed by atoms with Gasteiger partial charge in [-0.25, -0.2) is 0 Å². The first-order valence-corrected chi connectivity index (χ1v) is 5.84. The standard InChI is InChI=1S/C7H7BFN3O4S/c9-17(15,16)4-5-1-6(8(13)14)3-7(2-5)11-12-10/h1-3,13-14H,4H2. The first-order valence-electron chi connectivity index (χ1n) is 4.29. The van der Waals surface area contributed by atoms with Crippen LogP contribution in [0.25, 0.3) is 10.4 Å². The molecule has 0 saturated carbocycles. The molecule has 1 rings (SSSR count). The minimum absolute atomic E-state index is 0.0308. The molecule has 0 radical (unpaired) electrons. The Morgan fingerprint density at radius 3 is 2.53 bits per heavy atom. The summed E-state index contributed by atoms with van der Waals surface area (Å²) in [6.07, 6.45) is 0. The molecular formula is C7H7BFN3O4S. The third-order valence-electron chi connectivity index (χ3n) is 1.80. The van der Waals surface area contributed by atoms with E-state index in [9.17, 15) is 12.3 Å². The third kappa shape index (κ3) is 4.41. The van der Waals surface area contributed by atoms with Crippen molar-refractivity contribution in [1.82, 2.24) is 0 Å². The van der Waals surface area contributed by atoms with Gasteiger partial charge in [0.2, 0.25) is 0 Å². The largest absolute Gasteiger partial charge is 0.488 e. The van der Waals surface area contributed by atoms with Crippen molar-refractivity contribution in [3.63, 3.8) is 0 Å². The molecule has 0 heterocycles. The maximum Gasteiger partial charge on any atom is 0.488 e. The predicted octanol–water partition coefficient (Wildman–Crippen LogP) is 0.107. The monoisotopic (exact) mass is 259 g/mol. The SMILES string of the molecule is [N-]=[N+]=Nc1cc(CS(=O)(=O)F)cc(B(O)O)c1. The van der Waals surface area contributed by atoms with Gasteiger partial charge in [-0.15, -0.1) is 3.89 Å². The quantitative estimate of drug-likeness (QED) is 0.262. The van der Waals surface area contributed by atoms with Crippen molar-refractivity contribution in [2.45, 2.75) is 5.75 Å². The highest BCUT2D eigenvalue weighted by atomic mass is 32.3. The van der Waals surface area contributed by atoms with Gasteiger partial charge >= 0.3 is 17.3 Å². The van der Waals surface area contributed by atoms with Crippen LogP contribution in [0.5, 0.6) is 0 Å². The smallest absolute Gasteiger partial charge is 0.423 e. The molecule has 0 unspecified atom stereocenters. The van der Waals surface area contributed by atoms with Crippen molar-refractivity contribution < 1.29 is 22.4 Å². The zero-order chi connectivity index (χ0) is 13.1. The molecule has 0 fully saturated rings. The van der Waals surface area contributed by atoms with Gasteiger partial charge in [0.1, 0.15) is 5.75 Å². The summed E-state index contributed by atoms with van der Waals surface area (Å²) in [5.74, 6) is -0.929. The minimum atomic E-state index is -4.75. The van der Waals surface area contributed by atoms with E-state index >= 15 is 0 Å². The summed E-state index contributed by atoms with van der Waals surface area (Å²) in [5.41, 5.74) is 8.05. The molecule has 10 heteroatoms. The average Bonchev–Trinajstić information content (AvgIpc) is 2.14. The fourth-order valence-corrected chi connectivity index (χ4v) is 1.81. The Hall–Kier alpha value is -1.61. The second kappa shape index (κ2) is 5.15. The lowest BCUT2D eigenvalue weighted by atomic mass is 9.79. The van der Waals surface area contributed by atoms with Gasteiger partial charge in [0.05, 0.1) is 0 Å². The van der Waals surface area contributed by atoms with Crippen molar-refractivity contribution in [2.75, 3.05) is 0 Å². The Balaban J connectivity index is 3.26. The molecule has 0 spiro atoms. The van der Waals surface area contributed by atoms with E-state index in [0.717, 1.165) is 18.2 Å². The van der Waals surface area contributed by atoms with Gasteiger partial charge in [0.15, 0.2) is 0 Å². The molecule has 17 heavy (non-hydrogen) atoms. The highest BCUT2D eigenvalue weighted by molar-refractivity contribution is 7.85. The van der Waals surface area contributed by atoms with E-state index in [1.807, 2.05) is 0 Å². The second-order valence-electron chi connectivity index (χ2n) is 3.18. The van der Waals surface area contributed by atoms with Crippen molar-refractivity contribution in [1.29, 1.82) is 0 Å². The molecule has 0 saturated heterocycles. The molecule has 7 nitrogen and oxygen atoms in total. The van der Waals surface area contributed by atoms with Crippen LogP contribution in [0, 0.1) is 0 Å². The summed E-state index contributed by atoms with van der Waals surface area (Å²) in [7, 11) is -6.62. The zero-order valence-electron chi connectivity index (χ0n) is 8.36. The van der Waals surface area contributed by atoms with E-state index in [1.165, 1.54) is 0 Å². The van der Waals surface area contributed by atoms with Crippen LogP contribution < -0.4 is 5.46 Å². The highest BCUT2D eigenvalue weighted by Gasteiger charge is 2.16. The van der Waals surface area contributed by atoms with Crippen LogP contribution in [0.15, 0.2) is 23.3 Å². The molecule has 0 aromatic heterocycles. The van der Waals surface area contributed by atoms with E-state index in [1.54, 1.807) is 0 Å². The van der Waals surface area contributed by atoms with Crippen molar-refractivity contribution in [3.8, 4) is 0 Å². The number of benzene rings is 1. The Kier molecular flexibility index (Phi) is 4.08. The first kappa shape index (κ1) is 13.5. The normalized spacial score (nSPS) is 10.8. The fraction of sp³-hybridized carbons (Fsp3) is 0.143. The lowest BCUT2D eigenvalue weighted by molar-refractivity contribution is 0.425. The molecule has 0 aliphatic carbocycles. The van der Waals surface area contributed by atoms with Gasteiger partial charge in [0.25, 0.3) is 0 Å². The molecule has 1 aromatic carbocycles. The number of halogens is 1. The molecule has 0 bridgehead atoms. The Morgan fingerprint density at radius 1 is 1.41 bits per heavy atom. The summed E-state index contributed by atoms with van der Waals surface area (Å²) < 4.78 is 33.4. The van der Waals surface area contributed by atoms with Gasteiger partial charge in [-0.05, 0) is 22.6 Å². The van der Waals surface area contributed by atoms with Crippen LogP contribution in [0.1, 0.15) is 5.56 Å². The van der Waals surface area contributed by atoms with E-state index in [0.29, 0.717) is 0 Å². The maximum atomic E-state index is 12.5. The molecule has 0 aliphatic heterocycles. The number of azide groups is 1. The van der Waals surface area contributed by atoms with Gasteiger partial charge < -0.3 is 10.0 Å². The zero-order valence-corrected chi connectivity index (χ0v) is 9.17. The second-order valence-corrected chi connectivity index (χ2v) is 4.55. The third-order valence-corrected chi connectivity index (χ3v) is 2.48. The summed E-state index contributed by atoms with van der Waals surface area (Å²) in [6, 6.07) is 3.39. The average molecular weight is 259 g/mol. The topological polar surface area (TPSA) is 123 Å². The van der Waals surface area contributed by atoms with Crippen LogP contribution in [0.4, 0.5) is 9.57 Å². The van der Waals surface area contributed by atoms with Crippen molar-refractivity contribution >= 4 is 28.5 Å². The van der Waals surface area contributed by atoms with Gasteiger partial charge in [-0.3, -0.25) is 0 Å². The van der Waals surface area contributed by atoms with Crippen molar-refractivity contribution in [2.24, 2.45) is 5.11 Å². The molecule has 1 aromatic rings. The lowest BCUT2D eigenvalue weighted by Crippen LogP contribution is -2.30. The van der Waals surface area contributed by atoms with Crippen LogP contribution >= 0.6 is 0 Å². The van der Waals surface area contributed by atoms with Gasteiger partial charge in [-0.2, -0.15) is 8.42 Å². The van der Waals surface area contributed by atoms with Gasteiger partial charge in [-0.1, -0.05) is 17.2 Å². The highest BCUT2D eigenvalue weighted by Crippen LogP contribution is 2.16. The lowest BCUT2D eigenvalue weighted by Gasteiger charge is -2.04. The molecule has 0 amide bonds. The number of rotatable bonds is 4. The molecule has 0 aliphatic rings. The van der Waals surface area contributed by atoms with Crippen LogP contribution in [0.3, 0.4) is 0 Å². The molecule has 2 N–H and O–H groups in total. The molecular weight excluding hydrogens is 252 g/mol. The van der Waals surface area contributed by atoms with Crippen molar-refractivity contribution in [3.05, 3.63) is 34.2 Å². The van der Waals surface area contributed by atoms with Gasteiger partial charge in [0, 0.05) is 10.6 Å². The van der Waals surface area contributed by atoms with E-state index in [-0.39, 0.29) is 16.7 Å². The number of hydrogen-bond donors (Lipinski definition) is 2. The van der Waals surface area contributed by atoms with Crippen LogP contribution in [-0.2, 0) is 16.0 Å². The van der Waals surface area contributed by atoms with E-state index in [4.69, 9.17) is 15.6 Å². The van der Waals surface area contributed by atoms with E-state index < -0.39 is 23.1 Å². The predicted molar refractivity (Wildman–Crippen MR) is 58.8 cm³/mol. The molecule has 0 atom stereocenters. The van der Waals surface area contributed by atoms with E-state index in [2.05, 4.69) is 10.0 Å². The first-order chi connectivity index (χ1) is 7.81. The summed E-state index contributed by atoms with van der Waals surface area (Å²) in [5, 5.41) is 21.0. The number of nitrogens with zero attached hydrogens (tertiary/aromatic N) is 3. The fourth-order valence-electron chi connectivity index (χ4n) is 1.24. The molecule has 90 valence electrons. The Labute approximate surface area is 96.5 Å². The summed E-state index contributed by atoms with van der Waals surface area (Å²) in [4.78, 5) is 2.46. The summed E-state index contributed by atoms with van der Waals surface area (Å²) >= 11 is 0. The Bertz CT molecular complexity index is 570. The minimum Gasteiger partial charge on any atom is -0.423 e. The van der Waals surface area contributed by atoms with Crippen LogP contribution in [0.2, 0.25) is 0 Å². The van der Waals surface area contributed by atoms with Crippen LogP contribution in [-0.4, -0.2) is 25.6 Å².